The number of nitrogen functional groups attached to an aromatic ring is 1. The largest absolute Gasteiger partial charge is 0.384 e. The molecule has 4 heteroatoms. The van der Waals surface area contributed by atoms with Crippen LogP contribution in [0.2, 0.25) is 5.02 Å². The van der Waals surface area contributed by atoms with E-state index in [2.05, 4.69) is 18.9 Å². The second-order valence-electron chi connectivity index (χ2n) is 4.54. The number of hydrogen-bond donors (Lipinski definition) is 1. The lowest BCUT2D eigenvalue weighted by Gasteiger charge is -2.06. The highest BCUT2D eigenvalue weighted by atomic mass is 35.5. The number of hydrogen-bond acceptors (Lipinski definition) is 2. The molecule has 0 spiro atoms. The zero-order valence-corrected chi connectivity index (χ0v) is 10.8. The van der Waals surface area contributed by atoms with Gasteiger partial charge >= 0.3 is 0 Å². The maximum atomic E-state index is 5.93. The van der Waals surface area contributed by atoms with Gasteiger partial charge in [-0.25, -0.2) is 4.68 Å². The van der Waals surface area contributed by atoms with E-state index in [-0.39, 0.29) is 0 Å². The summed E-state index contributed by atoms with van der Waals surface area (Å²) in [6.45, 7) is 5.12. The molecule has 0 aliphatic rings. The fourth-order valence-corrected chi connectivity index (χ4v) is 1.81. The molecule has 17 heavy (non-hydrogen) atoms. The summed E-state index contributed by atoms with van der Waals surface area (Å²) < 4.78 is 1.84. The topological polar surface area (TPSA) is 43.8 Å². The van der Waals surface area contributed by atoms with Gasteiger partial charge in [-0.2, -0.15) is 5.10 Å². The molecule has 1 aromatic heterocycles. The summed E-state index contributed by atoms with van der Waals surface area (Å²) in [5.74, 6) is 1.22. The van der Waals surface area contributed by atoms with E-state index in [0.29, 0.717) is 11.7 Å². The van der Waals surface area contributed by atoms with Gasteiger partial charge in [0.15, 0.2) is 0 Å². The van der Waals surface area contributed by atoms with Crippen LogP contribution in [-0.4, -0.2) is 9.78 Å². The first kappa shape index (κ1) is 12.0. The number of anilines is 1. The first-order chi connectivity index (χ1) is 8.06. The Labute approximate surface area is 106 Å². The van der Waals surface area contributed by atoms with Gasteiger partial charge in [0.1, 0.15) is 5.82 Å². The van der Waals surface area contributed by atoms with Crippen molar-refractivity contribution in [3.8, 4) is 11.3 Å². The highest BCUT2D eigenvalue weighted by molar-refractivity contribution is 6.30. The number of rotatable bonds is 3. The number of nitrogens with two attached hydrogens (primary N) is 1. The minimum Gasteiger partial charge on any atom is -0.384 e. The highest BCUT2D eigenvalue weighted by Crippen LogP contribution is 2.22. The van der Waals surface area contributed by atoms with Crippen LogP contribution in [0, 0.1) is 5.92 Å². The van der Waals surface area contributed by atoms with E-state index in [1.165, 1.54) is 0 Å². The van der Waals surface area contributed by atoms with Gasteiger partial charge < -0.3 is 5.73 Å². The normalized spacial score (nSPS) is 11.1. The minimum atomic E-state index is 0.523. The Morgan fingerprint density at radius 2 is 1.94 bits per heavy atom. The van der Waals surface area contributed by atoms with Crippen LogP contribution in [0.15, 0.2) is 30.3 Å². The number of halogens is 1. The maximum Gasteiger partial charge on any atom is 0.122 e. The molecule has 0 amide bonds. The van der Waals surface area contributed by atoms with Gasteiger partial charge in [-0.1, -0.05) is 37.6 Å². The first-order valence-electron chi connectivity index (χ1n) is 5.65. The molecule has 1 aromatic carbocycles. The lowest BCUT2D eigenvalue weighted by atomic mass is 10.1. The SMILES string of the molecule is CC(C)Cn1nc(-c2ccc(Cl)cc2)cc1N. The van der Waals surface area contributed by atoms with Crippen LogP contribution >= 0.6 is 11.6 Å². The Kier molecular flexibility index (Phi) is 3.38. The summed E-state index contributed by atoms with van der Waals surface area (Å²) in [4.78, 5) is 0. The third-order valence-electron chi connectivity index (χ3n) is 2.49. The lowest BCUT2D eigenvalue weighted by molar-refractivity contribution is 0.489. The van der Waals surface area contributed by atoms with Crippen molar-refractivity contribution in [2.24, 2.45) is 5.92 Å². The van der Waals surface area contributed by atoms with Gasteiger partial charge in [0.2, 0.25) is 0 Å². The molecule has 0 atom stereocenters. The van der Waals surface area contributed by atoms with Crippen molar-refractivity contribution in [3.63, 3.8) is 0 Å². The van der Waals surface area contributed by atoms with E-state index in [1.807, 2.05) is 35.0 Å². The molecule has 2 aromatic rings. The minimum absolute atomic E-state index is 0.523. The molecular weight excluding hydrogens is 234 g/mol. The van der Waals surface area contributed by atoms with Crippen LogP contribution in [0.5, 0.6) is 0 Å². The van der Waals surface area contributed by atoms with Gasteiger partial charge in [0.25, 0.3) is 0 Å². The zero-order valence-electron chi connectivity index (χ0n) is 10.0. The smallest absolute Gasteiger partial charge is 0.122 e. The van der Waals surface area contributed by atoms with Crippen LogP contribution in [-0.2, 0) is 6.54 Å². The summed E-state index contributed by atoms with van der Waals surface area (Å²) in [5, 5.41) is 5.22. The molecule has 0 radical (unpaired) electrons. The van der Waals surface area contributed by atoms with Crippen molar-refractivity contribution in [1.82, 2.24) is 9.78 Å². The van der Waals surface area contributed by atoms with Crippen LogP contribution in [0.1, 0.15) is 13.8 Å². The lowest BCUT2D eigenvalue weighted by Crippen LogP contribution is -2.09. The summed E-state index contributed by atoms with van der Waals surface area (Å²) in [6, 6.07) is 9.50. The summed E-state index contributed by atoms with van der Waals surface area (Å²) in [7, 11) is 0. The average molecular weight is 250 g/mol. The van der Waals surface area contributed by atoms with Crippen molar-refractivity contribution in [2.75, 3.05) is 5.73 Å². The molecule has 0 fully saturated rings. The number of nitrogens with zero attached hydrogens (tertiary/aromatic N) is 2. The van der Waals surface area contributed by atoms with E-state index in [1.54, 1.807) is 0 Å². The van der Waals surface area contributed by atoms with E-state index < -0.39 is 0 Å². The molecule has 0 bridgehead atoms. The van der Waals surface area contributed by atoms with Crippen LogP contribution in [0.4, 0.5) is 5.82 Å². The average Bonchev–Trinajstić information content (AvgIpc) is 2.60. The second kappa shape index (κ2) is 4.80. The Bertz CT molecular complexity index is 500. The van der Waals surface area contributed by atoms with Gasteiger partial charge in [-0.3, -0.25) is 0 Å². The number of benzene rings is 1. The monoisotopic (exact) mass is 249 g/mol. The number of aromatic nitrogens is 2. The standard InChI is InChI=1S/C13H16ClN3/c1-9(2)8-17-13(15)7-12(16-17)10-3-5-11(14)6-4-10/h3-7,9H,8,15H2,1-2H3. The third-order valence-corrected chi connectivity index (χ3v) is 2.74. The second-order valence-corrected chi connectivity index (χ2v) is 4.97. The predicted octanol–water partition coefficient (Wildman–Crippen LogP) is 3.44. The molecule has 2 rings (SSSR count). The molecule has 90 valence electrons. The van der Waals surface area contributed by atoms with E-state index in [0.717, 1.165) is 22.8 Å². The molecular formula is C13H16ClN3. The molecule has 0 aliphatic carbocycles. The molecule has 0 unspecified atom stereocenters. The summed E-state index contributed by atoms with van der Waals surface area (Å²) >= 11 is 5.85. The Morgan fingerprint density at radius 3 is 2.53 bits per heavy atom. The quantitative estimate of drug-likeness (QED) is 0.906. The van der Waals surface area contributed by atoms with E-state index in [4.69, 9.17) is 17.3 Å². The van der Waals surface area contributed by atoms with Crippen LogP contribution in [0.25, 0.3) is 11.3 Å². The van der Waals surface area contributed by atoms with Gasteiger partial charge in [-0.15, -0.1) is 0 Å². The van der Waals surface area contributed by atoms with Crippen LogP contribution < -0.4 is 5.73 Å². The van der Waals surface area contributed by atoms with Gasteiger partial charge in [0.05, 0.1) is 5.69 Å². The van der Waals surface area contributed by atoms with E-state index in [9.17, 15) is 0 Å². The Morgan fingerprint density at radius 1 is 1.29 bits per heavy atom. The fraction of sp³-hybridized carbons (Fsp3) is 0.308. The molecule has 3 nitrogen and oxygen atoms in total. The van der Waals surface area contributed by atoms with Crippen molar-refractivity contribution in [1.29, 1.82) is 0 Å². The molecule has 1 heterocycles. The van der Waals surface area contributed by atoms with Gasteiger partial charge in [-0.05, 0) is 18.1 Å². The first-order valence-corrected chi connectivity index (χ1v) is 6.03. The molecule has 0 aliphatic heterocycles. The highest BCUT2D eigenvalue weighted by Gasteiger charge is 2.08. The third kappa shape index (κ3) is 2.80. The van der Waals surface area contributed by atoms with Gasteiger partial charge in [0, 0.05) is 23.2 Å². The van der Waals surface area contributed by atoms with Crippen LogP contribution in [0.3, 0.4) is 0 Å². The van der Waals surface area contributed by atoms with Crippen molar-refractivity contribution in [3.05, 3.63) is 35.4 Å². The predicted molar refractivity (Wildman–Crippen MR) is 71.9 cm³/mol. The van der Waals surface area contributed by atoms with Crippen molar-refractivity contribution >= 4 is 17.4 Å². The zero-order chi connectivity index (χ0) is 12.4. The maximum absolute atomic E-state index is 5.93. The van der Waals surface area contributed by atoms with Crippen molar-refractivity contribution in [2.45, 2.75) is 20.4 Å². The molecule has 0 saturated carbocycles. The molecule has 2 N–H and O–H groups in total. The summed E-state index contributed by atoms with van der Waals surface area (Å²) in [6.07, 6.45) is 0. The van der Waals surface area contributed by atoms with E-state index >= 15 is 0 Å². The Balaban J connectivity index is 2.31. The summed E-state index contributed by atoms with van der Waals surface area (Å²) in [5.41, 5.74) is 7.85. The fourth-order valence-electron chi connectivity index (χ4n) is 1.69. The molecule has 0 saturated heterocycles. The van der Waals surface area contributed by atoms with Crippen molar-refractivity contribution < 1.29 is 0 Å². The Hall–Kier alpha value is -1.48.